The Bertz CT molecular complexity index is 223. The Balaban J connectivity index is 2.83. The highest BCUT2D eigenvalue weighted by molar-refractivity contribution is 6.16. The molecular formula is C9H12NSi. The molecule has 11 heavy (non-hydrogen) atoms. The van der Waals surface area contributed by atoms with Crippen molar-refractivity contribution >= 4 is 16.1 Å². The van der Waals surface area contributed by atoms with Gasteiger partial charge in [0.2, 0.25) is 0 Å². The Morgan fingerprint density at radius 1 is 1.36 bits per heavy atom. The van der Waals surface area contributed by atoms with Crippen molar-refractivity contribution in [1.82, 2.24) is 0 Å². The molecule has 1 aromatic carbocycles. The van der Waals surface area contributed by atoms with E-state index in [-0.39, 0.29) is 0 Å². The summed E-state index contributed by atoms with van der Waals surface area (Å²) in [7, 11) is 3.28. The van der Waals surface area contributed by atoms with Gasteiger partial charge in [-0.1, -0.05) is 31.5 Å². The van der Waals surface area contributed by atoms with Gasteiger partial charge in [-0.15, -0.1) is 0 Å². The normalized spacial score (nSPS) is 9.64. The summed E-state index contributed by atoms with van der Waals surface area (Å²) in [5, 5.41) is 0. The van der Waals surface area contributed by atoms with Gasteiger partial charge in [0, 0.05) is 5.69 Å². The Morgan fingerprint density at radius 2 is 2.09 bits per heavy atom. The van der Waals surface area contributed by atoms with Crippen LogP contribution in [0.5, 0.6) is 0 Å². The quantitative estimate of drug-likeness (QED) is 0.671. The summed E-state index contributed by atoms with van der Waals surface area (Å²) in [6.45, 7) is 2.18. The molecule has 1 rings (SSSR count). The van der Waals surface area contributed by atoms with Crippen LogP contribution in [-0.4, -0.2) is 10.4 Å². The second-order valence-corrected chi connectivity index (χ2v) is 2.78. The Morgan fingerprint density at radius 3 is 2.73 bits per heavy atom. The molecule has 0 fully saturated rings. The van der Waals surface area contributed by atoms with E-state index >= 15 is 0 Å². The lowest BCUT2D eigenvalue weighted by Gasteiger charge is -2.06. The Labute approximate surface area is 71.3 Å². The fraction of sp³-hybridized carbons (Fsp3) is 0.333. The number of hydrogen-bond acceptors (Lipinski definition) is 1. The fourth-order valence-electron chi connectivity index (χ4n) is 1.13. The third-order valence-electron chi connectivity index (χ3n) is 1.67. The van der Waals surface area contributed by atoms with Gasteiger partial charge < -0.3 is 4.98 Å². The van der Waals surface area contributed by atoms with Crippen LogP contribution in [0.15, 0.2) is 24.3 Å². The highest BCUT2D eigenvalue weighted by atomic mass is 28.2. The molecule has 57 valence electrons. The van der Waals surface area contributed by atoms with Crippen molar-refractivity contribution in [3.63, 3.8) is 0 Å². The minimum atomic E-state index is 1.13. The highest BCUT2D eigenvalue weighted by Gasteiger charge is 1.95. The van der Waals surface area contributed by atoms with Gasteiger partial charge in [-0.25, -0.2) is 0 Å². The monoisotopic (exact) mass is 162 g/mol. The van der Waals surface area contributed by atoms with Crippen molar-refractivity contribution in [2.24, 2.45) is 0 Å². The molecule has 0 aliphatic heterocycles. The van der Waals surface area contributed by atoms with Crippen LogP contribution in [-0.2, 0) is 6.42 Å². The Hall–Kier alpha value is -0.763. The molecule has 0 aliphatic carbocycles. The molecule has 1 nitrogen and oxygen atoms in total. The number of aryl methyl sites for hydroxylation is 1. The Kier molecular flexibility index (Phi) is 3.17. The third-order valence-corrected chi connectivity index (χ3v) is 1.94. The molecule has 0 spiro atoms. The summed E-state index contributed by atoms with van der Waals surface area (Å²) in [6, 6.07) is 8.31. The molecule has 0 atom stereocenters. The van der Waals surface area contributed by atoms with E-state index in [4.69, 9.17) is 0 Å². The van der Waals surface area contributed by atoms with Crippen LogP contribution in [0.2, 0.25) is 0 Å². The molecule has 0 heterocycles. The molecular weight excluding hydrogens is 150 g/mol. The number of benzene rings is 1. The van der Waals surface area contributed by atoms with Crippen LogP contribution in [0.1, 0.15) is 18.9 Å². The van der Waals surface area contributed by atoms with Gasteiger partial charge in [0.25, 0.3) is 0 Å². The summed E-state index contributed by atoms with van der Waals surface area (Å²) in [5.41, 5.74) is 2.54. The van der Waals surface area contributed by atoms with Gasteiger partial charge in [-0.2, -0.15) is 0 Å². The molecule has 0 saturated heterocycles. The molecule has 3 radical (unpaired) electrons. The summed E-state index contributed by atoms with van der Waals surface area (Å²) in [5.74, 6) is 0. The van der Waals surface area contributed by atoms with E-state index in [1.807, 2.05) is 6.07 Å². The first kappa shape index (κ1) is 8.33. The molecule has 0 amide bonds. The van der Waals surface area contributed by atoms with Crippen molar-refractivity contribution in [3.05, 3.63) is 29.8 Å². The lowest BCUT2D eigenvalue weighted by molar-refractivity contribution is 0.924. The molecule has 0 aromatic heterocycles. The van der Waals surface area contributed by atoms with Crippen LogP contribution in [0, 0.1) is 0 Å². The zero-order chi connectivity index (χ0) is 8.10. The first-order chi connectivity index (χ1) is 5.38. The van der Waals surface area contributed by atoms with E-state index < -0.39 is 0 Å². The highest BCUT2D eigenvalue weighted by Crippen LogP contribution is 2.15. The van der Waals surface area contributed by atoms with Gasteiger partial charge >= 0.3 is 0 Å². The van der Waals surface area contributed by atoms with Gasteiger partial charge in [-0.3, -0.25) is 0 Å². The van der Waals surface area contributed by atoms with Crippen LogP contribution >= 0.6 is 0 Å². The van der Waals surface area contributed by atoms with Crippen LogP contribution in [0.3, 0.4) is 0 Å². The summed E-state index contributed by atoms with van der Waals surface area (Å²) >= 11 is 0. The largest absolute Gasteiger partial charge is 0.412 e. The summed E-state index contributed by atoms with van der Waals surface area (Å²) in [4.78, 5) is 2.99. The second kappa shape index (κ2) is 4.19. The zero-order valence-electron chi connectivity index (χ0n) is 6.72. The van der Waals surface area contributed by atoms with E-state index in [1.54, 1.807) is 0 Å². The molecule has 0 saturated carbocycles. The van der Waals surface area contributed by atoms with Gasteiger partial charge in [-0.05, 0) is 18.1 Å². The third kappa shape index (κ3) is 2.08. The van der Waals surface area contributed by atoms with Gasteiger partial charge in [0.05, 0.1) is 0 Å². The number of anilines is 1. The first-order valence-electron chi connectivity index (χ1n) is 3.89. The maximum atomic E-state index is 3.28. The van der Waals surface area contributed by atoms with E-state index in [9.17, 15) is 0 Å². The smallest absolute Gasteiger partial charge is 0.186 e. The predicted octanol–water partition coefficient (Wildman–Crippen LogP) is 2.13. The standard InChI is InChI=1S/C9H12NSi/c1-2-5-8-6-3-4-7-9(8)10-11/h3-4,6-7,10H,2,5H2,1H3. The minimum absolute atomic E-state index is 1.13. The molecule has 1 aromatic rings. The van der Waals surface area contributed by atoms with Crippen molar-refractivity contribution in [2.45, 2.75) is 19.8 Å². The van der Waals surface area contributed by atoms with Crippen molar-refractivity contribution in [3.8, 4) is 0 Å². The minimum Gasteiger partial charge on any atom is -0.412 e. The van der Waals surface area contributed by atoms with Crippen molar-refractivity contribution in [1.29, 1.82) is 0 Å². The van der Waals surface area contributed by atoms with E-state index in [0.29, 0.717) is 0 Å². The number of para-hydroxylation sites is 1. The van der Waals surface area contributed by atoms with Gasteiger partial charge in [0.15, 0.2) is 10.4 Å². The maximum Gasteiger partial charge on any atom is 0.186 e. The number of rotatable bonds is 3. The molecule has 0 bridgehead atoms. The fourth-order valence-corrected chi connectivity index (χ4v) is 1.37. The summed E-state index contributed by atoms with van der Waals surface area (Å²) < 4.78 is 0. The van der Waals surface area contributed by atoms with E-state index in [0.717, 1.165) is 6.42 Å². The van der Waals surface area contributed by atoms with E-state index in [1.165, 1.54) is 17.7 Å². The lowest BCUT2D eigenvalue weighted by atomic mass is 10.1. The molecule has 1 N–H and O–H groups in total. The second-order valence-electron chi connectivity index (χ2n) is 2.53. The zero-order valence-corrected chi connectivity index (χ0v) is 7.72. The molecule has 2 heteroatoms. The van der Waals surface area contributed by atoms with Crippen LogP contribution in [0.4, 0.5) is 5.69 Å². The van der Waals surface area contributed by atoms with E-state index in [2.05, 4.69) is 40.5 Å². The topological polar surface area (TPSA) is 12.0 Å². The predicted molar refractivity (Wildman–Crippen MR) is 49.8 cm³/mol. The van der Waals surface area contributed by atoms with Gasteiger partial charge in [0.1, 0.15) is 0 Å². The maximum absolute atomic E-state index is 3.28. The molecule has 0 aliphatic rings. The number of nitrogens with one attached hydrogen (secondary N) is 1. The average molecular weight is 162 g/mol. The SMILES string of the molecule is CCCc1ccccc1N[Si]. The molecule has 0 unspecified atom stereocenters. The number of hydrogen-bond donors (Lipinski definition) is 1. The van der Waals surface area contributed by atoms with Crippen LogP contribution < -0.4 is 4.98 Å². The lowest BCUT2D eigenvalue weighted by Crippen LogP contribution is -1.95. The van der Waals surface area contributed by atoms with Crippen molar-refractivity contribution in [2.75, 3.05) is 4.98 Å². The summed E-state index contributed by atoms with van der Waals surface area (Å²) in [6.07, 6.45) is 2.32. The first-order valence-corrected chi connectivity index (χ1v) is 4.39. The average Bonchev–Trinajstić information content (AvgIpc) is 2.06. The van der Waals surface area contributed by atoms with Crippen LogP contribution in [0.25, 0.3) is 0 Å². The van der Waals surface area contributed by atoms with Crippen molar-refractivity contribution < 1.29 is 0 Å².